The van der Waals surface area contributed by atoms with Gasteiger partial charge in [-0.1, -0.05) is 6.07 Å². The van der Waals surface area contributed by atoms with Gasteiger partial charge in [0.1, 0.15) is 11.5 Å². The molecule has 1 N–H and O–H groups in total. The molecule has 0 bridgehead atoms. The second-order valence-electron chi connectivity index (χ2n) is 4.44. The van der Waals surface area contributed by atoms with Crippen molar-refractivity contribution >= 4 is 40.3 Å². The molecule has 0 radical (unpaired) electrons. The van der Waals surface area contributed by atoms with E-state index in [1.54, 1.807) is 26.4 Å². The molecular formula is C17H16INO3. The zero-order valence-corrected chi connectivity index (χ0v) is 14.5. The highest BCUT2D eigenvalue weighted by Crippen LogP contribution is 2.25. The van der Waals surface area contributed by atoms with Crippen molar-refractivity contribution in [2.75, 3.05) is 19.5 Å². The third kappa shape index (κ3) is 4.49. The van der Waals surface area contributed by atoms with Crippen LogP contribution in [0.25, 0.3) is 6.08 Å². The largest absolute Gasteiger partial charge is 0.497 e. The average Bonchev–Trinajstić information content (AvgIpc) is 2.52. The van der Waals surface area contributed by atoms with E-state index in [9.17, 15) is 4.79 Å². The molecule has 0 heterocycles. The van der Waals surface area contributed by atoms with Gasteiger partial charge < -0.3 is 14.8 Å². The molecule has 0 aliphatic rings. The van der Waals surface area contributed by atoms with Gasteiger partial charge in [0.05, 0.1) is 14.2 Å². The quantitative estimate of drug-likeness (QED) is 0.601. The molecule has 22 heavy (non-hydrogen) atoms. The summed E-state index contributed by atoms with van der Waals surface area (Å²) in [6, 6.07) is 13.0. The first-order valence-corrected chi connectivity index (χ1v) is 7.67. The predicted octanol–water partition coefficient (Wildman–Crippen LogP) is 3.96. The van der Waals surface area contributed by atoms with Crippen molar-refractivity contribution in [2.45, 2.75) is 0 Å². The van der Waals surface area contributed by atoms with Gasteiger partial charge in [-0.3, -0.25) is 4.79 Å². The Morgan fingerprint density at radius 3 is 2.64 bits per heavy atom. The highest BCUT2D eigenvalue weighted by atomic mass is 127. The van der Waals surface area contributed by atoms with Crippen molar-refractivity contribution in [1.82, 2.24) is 0 Å². The van der Waals surface area contributed by atoms with E-state index in [-0.39, 0.29) is 5.91 Å². The molecule has 0 spiro atoms. The van der Waals surface area contributed by atoms with E-state index in [4.69, 9.17) is 9.47 Å². The molecule has 0 saturated carbocycles. The number of halogens is 1. The molecule has 0 atom stereocenters. The molecule has 0 aliphatic heterocycles. The van der Waals surface area contributed by atoms with Gasteiger partial charge in [-0.05, 0) is 65.1 Å². The van der Waals surface area contributed by atoms with Gasteiger partial charge in [-0.15, -0.1) is 0 Å². The number of carbonyl (C=O) groups is 1. The van der Waals surface area contributed by atoms with Crippen LogP contribution in [0.15, 0.2) is 48.5 Å². The topological polar surface area (TPSA) is 47.6 Å². The number of hydrogen-bond donors (Lipinski definition) is 1. The number of methoxy groups -OCH3 is 2. The highest BCUT2D eigenvalue weighted by Gasteiger charge is 2.03. The van der Waals surface area contributed by atoms with Crippen LogP contribution in [0, 0.1) is 3.57 Å². The monoisotopic (exact) mass is 409 g/mol. The van der Waals surface area contributed by atoms with Crippen LogP contribution >= 0.6 is 22.6 Å². The van der Waals surface area contributed by atoms with Crippen LogP contribution in [-0.2, 0) is 4.79 Å². The minimum atomic E-state index is -0.202. The summed E-state index contributed by atoms with van der Waals surface area (Å²) < 4.78 is 11.5. The van der Waals surface area contributed by atoms with Crippen LogP contribution in [-0.4, -0.2) is 20.1 Å². The van der Waals surface area contributed by atoms with Crippen LogP contribution < -0.4 is 14.8 Å². The first-order chi connectivity index (χ1) is 10.6. The molecule has 4 nitrogen and oxygen atoms in total. The molecule has 5 heteroatoms. The lowest BCUT2D eigenvalue weighted by atomic mass is 10.1. The lowest BCUT2D eigenvalue weighted by Gasteiger charge is -2.07. The molecule has 1 amide bonds. The zero-order chi connectivity index (χ0) is 15.9. The molecule has 0 unspecified atom stereocenters. The molecule has 2 aromatic carbocycles. The summed E-state index contributed by atoms with van der Waals surface area (Å²) in [5.74, 6) is 1.18. The number of rotatable bonds is 5. The number of amides is 1. The Morgan fingerprint density at radius 2 is 1.95 bits per heavy atom. The maximum atomic E-state index is 12.0. The van der Waals surface area contributed by atoms with E-state index in [0.717, 1.165) is 14.8 Å². The first kappa shape index (κ1) is 16.4. The van der Waals surface area contributed by atoms with Gasteiger partial charge in [-0.25, -0.2) is 0 Å². The predicted molar refractivity (Wildman–Crippen MR) is 96.4 cm³/mol. The Labute approximate surface area is 143 Å². The number of anilines is 1. The summed E-state index contributed by atoms with van der Waals surface area (Å²) in [6.45, 7) is 0. The second-order valence-corrected chi connectivity index (χ2v) is 5.69. The van der Waals surface area contributed by atoms with E-state index in [1.165, 1.54) is 6.08 Å². The van der Waals surface area contributed by atoms with Gasteiger partial charge >= 0.3 is 0 Å². The molecule has 0 saturated heterocycles. The molecule has 114 valence electrons. The lowest BCUT2D eigenvalue weighted by Crippen LogP contribution is -2.07. The Hall–Kier alpha value is -2.02. The maximum Gasteiger partial charge on any atom is 0.248 e. The average molecular weight is 409 g/mol. The summed E-state index contributed by atoms with van der Waals surface area (Å²) in [4.78, 5) is 12.0. The van der Waals surface area contributed by atoms with Crippen LogP contribution in [0.2, 0.25) is 0 Å². The third-order valence-electron chi connectivity index (χ3n) is 2.94. The van der Waals surface area contributed by atoms with Crippen LogP contribution in [0.5, 0.6) is 11.5 Å². The molecule has 0 fully saturated rings. The van der Waals surface area contributed by atoms with Crippen molar-refractivity contribution in [3.05, 3.63) is 57.7 Å². The number of hydrogen-bond acceptors (Lipinski definition) is 3. The van der Waals surface area contributed by atoms with E-state index in [1.807, 2.05) is 36.4 Å². The minimum absolute atomic E-state index is 0.202. The van der Waals surface area contributed by atoms with Crippen LogP contribution in [0.3, 0.4) is 0 Å². The number of carbonyl (C=O) groups excluding carboxylic acids is 1. The van der Waals surface area contributed by atoms with Crippen molar-refractivity contribution in [3.63, 3.8) is 0 Å². The van der Waals surface area contributed by atoms with Crippen molar-refractivity contribution < 1.29 is 14.3 Å². The number of benzene rings is 2. The van der Waals surface area contributed by atoms with Crippen LogP contribution in [0.1, 0.15) is 5.56 Å². The first-order valence-electron chi connectivity index (χ1n) is 6.59. The summed E-state index contributed by atoms with van der Waals surface area (Å²) >= 11 is 2.20. The molecular weight excluding hydrogens is 393 g/mol. The highest BCUT2D eigenvalue weighted by molar-refractivity contribution is 14.1. The number of nitrogens with one attached hydrogen (secondary N) is 1. The Balaban J connectivity index is 2.12. The summed E-state index contributed by atoms with van der Waals surface area (Å²) in [5, 5.41) is 2.82. The van der Waals surface area contributed by atoms with E-state index in [2.05, 4.69) is 27.9 Å². The molecule has 0 aliphatic carbocycles. The lowest BCUT2D eigenvalue weighted by molar-refractivity contribution is -0.111. The summed E-state index contributed by atoms with van der Waals surface area (Å²) in [5.41, 5.74) is 1.54. The standard InChI is InChI=1S/C17H16INO3/c1-21-15-7-8-16(22-2)12(10-15)6-9-17(20)19-14-5-3-4-13(18)11-14/h3-11H,1-2H3,(H,19,20)/b9-6+. The maximum absolute atomic E-state index is 12.0. The fourth-order valence-electron chi connectivity index (χ4n) is 1.89. The van der Waals surface area contributed by atoms with Gasteiger partial charge in [0.15, 0.2) is 0 Å². The Bertz CT molecular complexity index is 698. The van der Waals surface area contributed by atoms with Crippen molar-refractivity contribution in [2.24, 2.45) is 0 Å². The fourth-order valence-corrected chi connectivity index (χ4v) is 2.43. The fraction of sp³-hybridized carbons (Fsp3) is 0.118. The van der Waals surface area contributed by atoms with Crippen molar-refractivity contribution in [3.8, 4) is 11.5 Å². The third-order valence-corrected chi connectivity index (χ3v) is 3.61. The van der Waals surface area contributed by atoms with Gasteiger partial charge in [0.2, 0.25) is 5.91 Å². The Morgan fingerprint density at radius 1 is 1.14 bits per heavy atom. The smallest absolute Gasteiger partial charge is 0.248 e. The normalized spacial score (nSPS) is 10.5. The van der Waals surface area contributed by atoms with Gasteiger partial charge in [-0.2, -0.15) is 0 Å². The van der Waals surface area contributed by atoms with Crippen molar-refractivity contribution in [1.29, 1.82) is 0 Å². The SMILES string of the molecule is COc1ccc(OC)c(/C=C/C(=O)Nc2cccc(I)c2)c1. The molecule has 2 aromatic rings. The van der Waals surface area contributed by atoms with Crippen LogP contribution in [0.4, 0.5) is 5.69 Å². The van der Waals surface area contributed by atoms with E-state index >= 15 is 0 Å². The van der Waals surface area contributed by atoms with Gasteiger partial charge in [0.25, 0.3) is 0 Å². The summed E-state index contributed by atoms with van der Waals surface area (Å²) in [7, 11) is 3.18. The Kier molecular flexibility index (Phi) is 5.83. The molecule has 2 rings (SSSR count). The van der Waals surface area contributed by atoms with Gasteiger partial charge in [0, 0.05) is 20.9 Å². The minimum Gasteiger partial charge on any atom is -0.497 e. The molecule has 0 aromatic heterocycles. The summed E-state index contributed by atoms with van der Waals surface area (Å²) in [6.07, 6.45) is 3.17. The number of ether oxygens (including phenoxy) is 2. The van der Waals surface area contributed by atoms with E-state index in [0.29, 0.717) is 11.5 Å². The second kappa shape index (κ2) is 7.84. The van der Waals surface area contributed by atoms with E-state index < -0.39 is 0 Å². The zero-order valence-electron chi connectivity index (χ0n) is 12.3.